The molecular weight excluding hydrogens is 360 g/mol. The van der Waals surface area contributed by atoms with E-state index in [1.54, 1.807) is 11.3 Å². The van der Waals surface area contributed by atoms with Gasteiger partial charge in [0.2, 0.25) is 5.91 Å². The Balaban J connectivity index is 1.48. The Morgan fingerprint density at radius 2 is 2.26 bits per heavy atom. The Labute approximate surface area is 164 Å². The molecule has 4 rings (SSSR count). The molecule has 27 heavy (non-hydrogen) atoms. The van der Waals surface area contributed by atoms with Crippen LogP contribution in [0.5, 0.6) is 5.75 Å². The van der Waals surface area contributed by atoms with Crippen molar-refractivity contribution in [1.29, 1.82) is 0 Å². The standard InChI is InChI=1S/C20H26N4O2S/c1-2-17-20(25)22-5-7-24(17)12-15-3-4-18-16(11-15)13-23(8-9-26-18)14-19-21-6-10-27-19/h3-4,6,10-11,17H,2,5,7-9,12-14H2,1H3,(H,22,25). The van der Waals surface area contributed by atoms with Crippen LogP contribution in [0.15, 0.2) is 29.8 Å². The van der Waals surface area contributed by atoms with Gasteiger partial charge in [0.25, 0.3) is 0 Å². The summed E-state index contributed by atoms with van der Waals surface area (Å²) in [6, 6.07) is 6.43. The zero-order chi connectivity index (χ0) is 18.6. The topological polar surface area (TPSA) is 57.7 Å². The van der Waals surface area contributed by atoms with Gasteiger partial charge in [0.05, 0.1) is 12.6 Å². The van der Waals surface area contributed by atoms with Crippen molar-refractivity contribution in [3.8, 4) is 5.75 Å². The number of fused-ring (bicyclic) bond motifs is 1. The first-order valence-corrected chi connectivity index (χ1v) is 10.5. The number of hydrogen-bond acceptors (Lipinski definition) is 6. The Morgan fingerprint density at radius 3 is 3.07 bits per heavy atom. The quantitative estimate of drug-likeness (QED) is 0.854. The Kier molecular flexibility index (Phi) is 5.71. The molecule has 2 aliphatic rings. The molecule has 0 saturated carbocycles. The van der Waals surface area contributed by atoms with E-state index >= 15 is 0 Å². The van der Waals surface area contributed by atoms with E-state index in [4.69, 9.17) is 4.74 Å². The SMILES string of the molecule is CCC1C(=O)NCCN1Cc1ccc2c(c1)CN(Cc1nccs1)CCO2. The van der Waals surface area contributed by atoms with Crippen LogP contribution in [-0.2, 0) is 24.4 Å². The first-order valence-electron chi connectivity index (χ1n) is 9.60. The van der Waals surface area contributed by atoms with Crippen LogP contribution >= 0.6 is 11.3 Å². The molecule has 1 aromatic carbocycles. The maximum Gasteiger partial charge on any atom is 0.237 e. The number of nitrogens with zero attached hydrogens (tertiary/aromatic N) is 3. The van der Waals surface area contributed by atoms with Gasteiger partial charge in [0.1, 0.15) is 17.4 Å². The highest BCUT2D eigenvalue weighted by molar-refractivity contribution is 7.09. The van der Waals surface area contributed by atoms with E-state index in [0.717, 1.165) is 56.4 Å². The molecule has 2 aromatic rings. The van der Waals surface area contributed by atoms with Crippen molar-refractivity contribution >= 4 is 17.2 Å². The van der Waals surface area contributed by atoms with Crippen LogP contribution in [0.3, 0.4) is 0 Å². The second kappa shape index (κ2) is 8.37. The highest BCUT2D eigenvalue weighted by Crippen LogP contribution is 2.26. The van der Waals surface area contributed by atoms with Crippen molar-refractivity contribution in [2.24, 2.45) is 0 Å². The van der Waals surface area contributed by atoms with Crippen molar-refractivity contribution in [3.05, 3.63) is 45.9 Å². The lowest BCUT2D eigenvalue weighted by atomic mass is 10.1. The van der Waals surface area contributed by atoms with Crippen LogP contribution in [0.25, 0.3) is 0 Å². The summed E-state index contributed by atoms with van der Waals surface area (Å²) in [5.74, 6) is 1.13. The van der Waals surface area contributed by atoms with Crippen molar-refractivity contribution in [1.82, 2.24) is 20.1 Å². The number of piperazine rings is 1. The molecule has 1 aromatic heterocycles. The molecule has 2 aliphatic heterocycles. The van der Waals surface area contributed by atoms with Crippen LogP contribution in [0, 0.1) is 0 Å². The van der Waals surface area contributed by atoms with E-state index in [1.807, 2.05) is 11.6 Å². The predicted octanol–water partition coefficient (Wildman–Crippen LogP) is 2.25. The van der Waals surface area contributed by atoms with Crippen molar-refractivity contribution in [3.63, 3.8) is 0 Å². The van der Waals surface area contributed by atoms with E-state index < -0.39 is 0 Å². The molecule has 1 atom stereocenters. The van der Waals surface area contributed by atoms with Gasteiger partial charge in [-0.05, 0) is 24.1 Å². The first kappa shape index (κ1) is 18.4. The van der Waals surface area contributed by atoms with E-state index in [1.165, 1.54) is 11.1 Å². The molecule has 6 nitrogen and oxygen atoms in total. The summed E-state index contributed by atoms with van der Waals surface area (Å²) in [5, 5.41) is 6.13. The summed E-state index contributed by atoms with van der Waals surface area (Å²) in [5.41, 5.74) is 2.46. The monoisotopic (exact) mass is 386 g/mol. The van der Waals surface area contributed by atoms with Gasteiger partial charge in [0.15, 0.2) is 0 Å². The summed E-state index contributed by atoms with van der Waals surface area (Å²) in [6.45, 7) is 7.81. The summed E-state index contributed by atoms with van der Waals surface area (Å²) in [6.07, 6.45) is 2.70. The van der Waals surface area contributed by atoms with E-state index in [0.29, 0.717) is 6.61 Å². The molecule has 1 saturated heterocycles. The second-order valence-corrected chi connectivity index (χ2v) is 8.09. The molecule has 7 heteroatoms. The predicted molar refractivity (Wildman–Crippen MR) is 106 cm³/mol. The van der Waals surface area contributed by atoms with Crippen molar-refractivity contribution < 1.29 is 9.53 Å². The number of carbonyl (C=O) groups excluding carboxylic acids is 1. The average molecular weight is 387 g/mol. The van der Waals surface area contributed by atoms with Crippen molar-refractivity contribution in [2.45, 2.75) is 39.0 Å². The fraction of sp³-hybridized carbons (Fsp3) is 0.500. The number of hydrogen-bond donors (Lipinski definition) is 1. The van der Waals surface area contributed by atoms with Gasteiger partial charge in [-0.3, -0.25) is 14.6 Å². The highest BCUT2D eigenvalue weighted by atomic mass is 32.1. The summed E-state index contributed by atoms with van der Waals surface area (Å²) < 4.78 is 5.97. The molecular formula is C20H26N4O2S. The molecule has 0 spiro atoms. The maximum absolute atomic E-state index is 12.1. The van der Waals surface area contributed by atoms with Gasteiger partial charge in [-0.1, -0.05) is 13.0 Å². The molecule has 1 N–H and O–H groups in total. The third-order valence-electron chi connectivity index (χ3n) is 5.24. The number of ether oxygens (including phenoxy) is 1. The van der Waals surface area contributed by atoms with Gasteiger partial charge in [-0.25, -0.2) is 4.98 Å². The molecule has 144 valence electrons. The lowest BCUT2D eigenvalue weighted by Gasteiger charge is -2.34. The zero-order valence-electron chi connectivity index (χ0n) is 15.7. The molecule has 0 radical (unpaired) electrons. The summed E-state index contributed by atoms with van der Waals surface area (Å²) in [4.78, 5) is 21.2. The zero-order valence-corrected chi connectivity index (χ0v) is 16.5. The number of nitrogens with one attached hydrogen (secondary N) is 1. The minimum absolute atomic E-state index is 0.0322. The lowest BCUT2D eigenvalue weighted by molar-refractivity contribution is -0.129. The van der Waals surface area contributed by atoms with Crippen LogP contribution in [-0.4, -0.2) is 53.0 Å². The number of aromatic nitrogens is 1. The van der Waals surface area contributed by atoms with Gasteiger partial charge >= 0.3 is 0 Å². The third kappa shape index (κ3) is 4.31. The Morgan fingerprint density at radius 1 is 1.33 bits per heavy atom. The number of amides is 1. The van der Waals surface area contributed by atoms with Gasteiger partial charge in [-0.15, -0.1) is 11.3 Å². The van der Waals surface area contributed by atoms with Gasteiger partial charge in [0, 0.05) is 49.9 Å². The van der Waals surface area contributed by atoms with E-state index in [2.05, 4.69) is 45.2 Å². The normalized spacial score (nSPS) is 21.2. The smallest absolute Gasteiger partial charge is 0.237 e. The number of benzene rings is 1. The van der Waals surface area contributed by atoms with Gasteiger partial charge < -0.3 is 10.1 Å². The molecule has 0 aliphatic carbocycles. The Bertz CT molecular complexity index is 780. The molecule has 0 bridgehead atoms. The van der Waals surface area contributed by atoms with E-state index in [9.17, 15) is 4.79 Å². The lowest BCUT2D eigenvalue weighted by Crippen LogP contribution is -2.54. The number of thiazole rings is 1. The molecule has 1 fully saturated rings. The molecule has 1 unspecified atom stereocenters. The van der Waals surface area contributed by atoms with Crippen LogP contribution in [0.2, 0.25) is 0 Å². The second-order valence-electron chi connectivity index (χ2n) is 7.11. The largest absolute Gasteiger partial charge is 0.492 e. The number of rotatable bonds is 5. The van der Waals surface area contributed by atoms with E-state index in [-0.39, 0.29) is 11.9 Å². The minimum Gasteiger partial charge on any atom is -0.492 e. The van der Waals surface area contributed by atoms with Gasteiger partial charge in [-0.2, -0.15) is 0 Å². The maximum atomic E-state index is 12.1. The van der Waals surface area contributed by atoms with Crippen LogP contribution in [0.4, 0.5) is 0 Å². The molecule has 3 heterocycles. The average Bonchev–Trinajstić information content (AvgIpc) is 3.08. The first-order chi connectivity index (χ1) is 13.2. The fourth-order valence-electron chi connectivity index (χ4n) is 3.89. The minimum atomic E-state index is -0.0322. The third-order valence-corrected chi connectivity index (χ3v) is 6.00. The highest BCUT2D eigenvalue weighted by Gasteiger charge is 2.28. The van der Waals surface area contributed by atoms with Crippen LogP contribution < -0.4 is 10.1 Å². The summed E-state index contributed by atoms with van der Waals surface area (Å²) >= 11 is 1.70. The fourth-order valence-corrected chi connectivity index (χ4v) is 4.54. The van der Waals surface area contributed by atoms with Crippen molar-refractivity contribution in [2.75, 3.05) is 26.2 Å². The molecule has 1 amide bonds. The summed E-state index contributed by atoms with van der Waals surface area (Å²) in [7, 11) is 0. The number of carbonyl (C=O) groups is 1. The van der Waals surface area contributed by atoms with Crippen LogP contribution in [0.1, 0.15) is 29.5 Å². The Hall–Kier alpha value is -1.96.